The molecule has 1 aromatic rings. The minimum absolute atomic E-state index is 0.104. The van der Waals surface area contributed by atoms with Gasteiger partial charge in [0.05, 0.1) is 24.2 Å². The summed E-state index contributed by atoms with van der Waals surface area (Å²) in [5.41, 5.74) is -0.448. The van der Waals surface area contributed by atoms with Crippen LogP contribution in [0.3, 0.4) is 0 Å². The second-order valence-corrected chi connectivity index (χ2v) is 9.51. The Labute approximate surface area is 152 Å². The summed E-state index contributed by atoms with van der Waals surface area (Å²) in [5.74, 6) is 0.500. The Balaban J connectivity index is 1.52. The lowest BCUT2D eigenvalue weighted by Gasteiger charge is -2.46. The van der Waals surface area contributed by atoms with E-state index < -0.39 is 15.6 Å². The smallest absolute Gasteiger partial charge is 0.232 e. The van der Waals surface area contributed by atoms with Crippen LogP contribution in [-0.2, 0) is 19.6 Å². The van der Waals surface area contributed by atoms with Crippen molar-refractivity contribution in [3.05, 3.63) is 24.5 Å². The highest BCUT2D eigenvalue weighted by molar-refractivity contribution is 8.00. The molecule has 2 aliphatic heterocycles. The maximum Gasteiger partial charge on any atom is 0.232 e. The lowest BCUT2D eigenvalue weighted by Crippen LogP contribution is -2.58. The summed E-state index contributed by atoms with van der Waals surface area (Å²) in [4.78, 5) is 19.2. The molecule has 0 unspecified atom stereocenters. The van der Waals surface area contributed by atoms with Crippen LogP contribution >= 0.6 is 11.8 Å². The van der Waals surface area contributed by atoms with Gasteiger partial charge in [-0.05, 0) is 25.0 Å². The monoisotopic (exact) mass is 385 g/mol. The number of sulfonamides is 1. The average molecular weight is 386 g/mol. The number of pyridine rings is 1. The topological polar surface area (TPSA) is 79.8 Å². The number of nitrogens with zero attached hydrogens (tertiary/aromatic N) is 3. The number of carbonyl (C=O) groups excluding carboxylic acids is 1. The van der Waals surface area contributed by atoms with Crippen molar-refractivity contribution < 1.29 is 17.9 Å². The minimum Gasteiger partial charge on any atom is -0.372 e. The number of rotatable bonds is 4. The molecule has 9 heteroatoms. The molecule has 3 rings (SSSR count). The van der Waals surface area contributed by atoms with Gasteiger partial charge in [0.2, 0.25) is 15.9 Å². The fourth-order valence-corrected chi connectivity index (χ4v) is 4.89. The fraction of sp³-hybridized carbons (Fsp3) is 0.625. The Bertz CT molecular complexity index is 703. The van der Waals surface area contributed by atoms with E-state index in [2.05, 4.69) is 4.98 Å². The van der Waals surface area contributed by atoms with Gasteiger partial charge in [0, 0.05) is 43.5 Å². The molecular formula is C16H23N3O4S2. The number of hydrogen-bond acceptors (Lipinski definition) is 6. The molecule has 1 spiro atoms. The van der Waals surface area contributed by atoms with Crippen LogP contribution in [0.1, 0.15) is 12.8 Å². The zero-order valence-electron chi connectivity index (χ0n) is 14.3. The van der Waals surface area contributed by atoms with Crippen molar-refractivity contribution in [1.29, 1.82) is 0 Å². The summed E-state index contributed by atoms with van der Waals surface area (Å²) in [6.07, 6.45) is 6.01. The number of aromatic nitrogens is 1. The number of piperidine rings is 1. The Hall–Kier alpha value is -1.16. The molecule has 2 saturated heterocycles. The normalized spacial score (nSPS) is 21.4. The first kappa shape index (κ1) is 18.6. The summed E-state index contributed by atoms with van der Waals surface area (Å²) in [5, 5.41) is 0. The molecule has 0 atom stereocenters. The molecule has 2 fully saturated rings. The van der Waals surface area contributed by atoms with Crippen molar-refractivity contribution >= 4 is 27.7 Å². The molecule has 1 amide bonds. The third kappa shape index (κ3) is 4.72. The van der Waals surface area contributed by atoms with Crippen LogP contribution in [0.25, 0.3) is 0 Å². The highest BCUT2D eigenvalue weighted by Gasteiger charge is 2.42. The molecule has 7 nitrogen and oxygen atoms in total. The van der Waals surface area contributed by atoms with Crippen LogP contribution in [0, 0.1) is 0 Å². The lowest BCUT2D eigenvalue weighted by atomic mass is 9.90. The van der Waals surface area contributed by atoms with Gasteiger partial charge in [-0.25, -0.2) is 8.42 Å². The number of amides is 1. The predicted molar refractivity (Wildman–Crippen MR) is 95.9 cm³/mol. The molecule has 3 heterocycles. The highest BCUT2D eigenvalue weighted by atomic mass is 32.2. The molecule has 0 aliphatic carbocycles. The van der Waals surface area contributed by atoms with Crippen LogP contribution in [0.15, 0.2) is 29.4 Å². The first-order valence-electron chi connectivity index (χ1n) is 8.28. The van der Waals surface area contributed by atoms with Crippen molar-refractivity contribution in [2.24, 2.45) is 0 Å². The number of likely N-dealkylation sites (tertiary alicyclic amines) is 1. The molecule has 138 valence electrons. The van der Waals surface area contributed by atoms with Crippen molar-refractivity contribution in [1.82, 2.24) is 14.2 Å². The van der Waals surface area contributed by atoms with E-state index in [0.717, 1.165) is 4.90 Å². The fourth-order valence-electron chi connectivity index (χ4n) is 3.23. The zero-order valence-corrected chi connectivity index (χ0v) is 15.9. The van der Waals surface area contributed by atoms with Gasteiger partial charge in [-0.1, -0.05) is 0 Å². The number of ether oxygens (including phenoxy) is 1. The van der Waals surface area contributed by atoms with Gasteiger partial charge < -0.3 is 9.64 Å². The molecule has 0 aromatic carbocycles. The second-order valence-electron chi connectivity index (χ2n) is 6.48. The summed E-state index contributed by atoms with van der Waals surface area (Å²) in [6, 6.07) is 3.78. The molecule has 2 aliphatic rings. The van der Waals surface area contributed by atoms with Crippen molar-refractivity contribution in [3.8, 4) is 0 Å². The third-order valence-electron chi connectivity index (χ3n) is 4.72. The molecule has 25 heavy (non-hydrogen) atoms. The highest BCUT2D eigenvalue weighted by Crippen LogP contribution is 2.31. The van der Waals surface area contributed by atoms with Crippen LogP contribution in [0.4, 0.5) is 0 Å². The first-order valence-corrected chi connectivity index (χ1v) is 11.1. The maximum atomic E-state index is 12.4. The summed E-state index contributed by atoms with van der Waals surface area (Å²) >= 11 is 1.50. The van der Waals surface area contributed by atoms with Gasteiger partial charge in [0.15, 0.2) is 0 Å². The van der Waals surface area contributed by atoms with Gasteiger partial charge in [0.1, 0.15) is 0 Å². The zero-order chi connectivity index (χ0) is 17.9. The van der Waals surface area contributed by atoms with Gasteiger partial charge in [0.25, 0.3) is 0 Å². The van der Waals surface area contributed by atoms with E-state index in [1.54, 1.807) is 12.4 Å². The summed E-state index contributed by atoms with van der Waals surface area (Å²) in [6.45, 7) is 2.42. The van der Waals surface area contributed by atoms with E-state index in [9.17, 15) is 13.2 Å². The number of carbonyl (C=O) groups is 1. The van der Waals surface area contributed by atoms with E-state index in [-0.39, 0.29) is 5.91 Å². The number of thioether (sulfide) groups is 1. The molecule has 0 radical (unpaired) electrons. The molecule has 0 bridgehead atoms. The first-order chi connectivity index (χ1) is 11.9. The van der Waals surface area contributed by atoms with Crippen molar-refractivity contribution in [2.45, 2.75) is 23.3 Å². The summed E-state index contributed by atoms with van der Waals surface area (Å²) in [7, 11) is -3.21. The van der Waals surface area contributed by atoms with E-state index in [1.165, 1.54) is 22.3 Å². The maximum absolute atomic E-state index is 12.4. The SMILES string of the molecule is CS(=O)(=O)N1CCOC2(CCN(C(=O)CSc3ccncc3)CC2)C1. The van der Waals surface area contributed by atoms with Crippen LogP contribution in [-0.4, -0.2) is 78.9 Å². The Kier molecular flexibility index (Phi) is 5.67. The van der Waals surface area contributed by atoms with Crippen molar-refractivity contribution in [3.63, 3.8) is 0 Å². The number of morpholine rings is 1. The summed E-state index contributed by atoms with van der Waals surface area (Å²) < 4.78 is 31.0. The van der Waals surface area contributed by atoms with Crippen molar-refractivity contribution in [2.75, 3.05) is 44.8 Å². The second kappa shape index (κ2) is 7.61. The van der Waals surface area contributed by atoms with E-state index >= 15 is 0 Å². The quantitative estimate of drug-likeness (QED) is 0.714. The van der Waals surface area contributed by atoms with Gasteiger partial charge in [-0.2, -0.15) is 4.31 Å². The molecule has 0 N–H and O–H groups in total. The Morgan fingerprint density at radius 2 is 1.96 bits per heavy atom. The largest absolute Gasteiger partial charge is 0.372 e. The van der Waals surface area contributed by atoms with Crippen LogP contribution < -0.4 is 0 Å². The molecule has 1 aromatic heterocycles. The predicted octanol–water partition coefficient (Wildman–Crippen LogP) is 0.827. The van der Waals surface area contributed by atoms with Gasteiger partial charge in [-0.3, -0.25) is 9.78 Å². The molecular weight excluding hydrogens is 362 g/mol. The Morgan fingerprint density at radius 1 is 1.28 bits per heavy atom. The average Bonchev–Trinajstić information content (AvgIpc) is 2.61. The standard InChI is InChI=1S/C16H23N3O4S2/c1-25(21,22)19-10-11-23-16(13-19)4-8-18(9-5-16)15(20)12-24-14-2-6-17-7-3-14/h2-3,6-7H,4-5,8-13H2,1H3. The number of hydrogen-bond donors (Lipinski definition) is 0. The molecule has 0 saturated carbocycles. The minimum atomic E-state index is -3.21. The van der Waals surface area contributed by atoms with Crippen LogP contribution in [0.2, 0.25) is 0 Å². The van der Waals surface area contributed by atoms with E-state index in [0.29, 0.717) is 51.4 Å². The lowest BCUT2D eigenvalue weighted by molar-refractivity contribution is -0.142. The Morgan fingerprint density at radius 3 is 2.60 bits per heavy atom. The van der Waals surface area contributed by atoms with Gasteiger partial charge >= 0.3 is 0 Å². The third-order valence-corrected chi connectivity index (χ3v) is 6.97. The van der Waals surface area contributed by atoms with Gasteiger partial charge in [-0.15, -0.1) is 11.8 Å². The van der Waals surface area contributed by atoms with E-state index in [1.807, 2.05) is 17.0 Å². The van der Waals surface area contributed by atoms with Crippen LogP contribution in [0.5, 0.6) is 0 Å². The van der Waals surface area contributed by atoms with E-state index in [4.69, 9.17) is 4.74 Å².